The summed E-state index contributed by atoms with van der Waals surface area (Å²) in [5, 5.41) is 15.2. The normalized spacial score (nSPS) is 9.85. The van der Waals surface area contributed by atoms with Crippen LogP contribution in [0.15, 0.2) is 72.8 Å². The summed E-state index contributed by atoms with van der Waals surface area (Å²) >= 11 is 0. The molecule has 0 aromatic heterocycles. The number of para-hydroxylation sites is 1. The first-order valence-corrected chi connectivity index (χ1v) is 8.01. The van der Waals surface area contributed by atoms with E-state index in [4.69, 9.17) is 10.00 Å². The van der Waals surface area contributed by atoms with Crippen LogP contribution in [0.25, 0.3) is 0 Å². The molecule has 0 saturated carbocycles. The number of amides is 1. The van der Waals surface area contributed by atoms with Crippen molar-refractivity contribution in [2.75, 3.05) is 17.7 Å². The minimum Gasteiger partial charge on any atom is -0.497 e. The lowest BCUT2D eigenvalue weighted by Crippen LogP contribution is -2.11. The summed E-state index contributed by atoms with van der Waals surface area (Å²) in [6.07, 6.45) is 0. The summed E-state index contributed by atoms with van der Waals surface area (Å²) in [6.45, 7) is 0. The van der Waals surface area contributed by atoms with Crippen LogP contribution in [0.4, 0.5) is 17.1 Å². The zero-order chi connectivity index (χ0) is 18.4. The molecule has 0 spiro atoms. The molecule has 0 radical (unpaired) electrons. The Morgan fingerprint density at radius 3 is 2.42 bits per heavy atom. The number of carbonyl (C=O) groups is 1. The average Bonchev–Trinajstić information content (AvgIpc) is 2.70. The highest BCUT2D eigenvalue weighted by molar-refractivity contribution is 6.04. The molecule has 1 amide bonds. The number of methoxy groups -OCH3 is 1. The maximum absolute atomic E-state index is 12.3. The maximum atomic E-state index is 12.3. The van der Waals surface area contributed by atoms with Crippen LogP contribution in [-0.4, -0.2) is 13.0 Å². The van der Waals surface area contributed by atoms with Crippen LogP contribution in [-0.2, 0) is 0 Å². The van der Waals surface area contributed by atoms with Gasteiger partial charge in [-0.05, 0) is 54.6 Å². The van der Waals surface area contributed by atoms with Gasteiger partial charge >= 0.3 is 0 Å². The van der Waals surface area contributed by atoms with Gasteiger partial charge in [0.25, 0.3) is 5.91 Å². The lowest BCUT2D eigenvalue weighted by Gasteiger charge is -2.10. The van der Waals surface area contributed by atoms with E-state index in [9.17, 15) is 4.79 Å². The van der Waals surface area contributed by atoms with E-state index in [2.05, 4.69) is 16.7 Å². The Bertz CT molecular complexity index is 959. The summed E-state index contributed by atoms with van der Waals surface area (Å²) in [4.78, 5) is 12.3. The predicted molar refractivity (Wildman–Crippen MR) is 102 cm³/mol. The Morgan fingerprint density at radius 1 is 0.962 bits per heavy atom. The summed E-state index contributed by atoms with van der Waals surface area (Å²) in [6, 6.07) is 23.7. The molecule has 26 heavy (non-hydrogen) atoms. The first-order chi connectivity index (χ1) is 12.7. The van der Waals surface area contributed by atoms with Crippen molar-refractivity contribution in [3.05, 3.63) is 83.9 Å². The van der Waals surface area contributed by atoms with Gasteiger partial charge in [0.1, 0.15) is 11.8 Å². The third kappa shape index (κ3) is 4.00. The van der Waals surface area contributed by atoms with Crippen molar-refractivity contribution in [1.82, 2.24) is 0 Å². The van der Waals surface area contributed by atoms with Crippen LogP contribution in [0, 0.1) is 11.3 Å². The van der Waals surface area contributed by atoms with Crippen molar-refractivity contribution in [3.63, 3.8) is 0 Å². The van der Waals surface area contributed by atoms with Gasteiger partial charge in [0.15, 0.2) is 0 Å². The number of nitriles is 1. The van der Waals surface area contributed by atoms with Gasteiger partial charge < -0.3 is 15.4 Å². The molecule has 0 fully saturated rings. The van der Waals surface area contributed by atoms with E-state index >= 15 is 0 Å². The number of hydrogen-bond acceptors (Lipinski definition) is 4. The molecule has 0 saturated heterocycles. The van der Waals surface area contributed by atoms with Crippen LogP contribution in [0.1, 0.15) is 15.9 Å². The first-order valence-electron chi connectivity index (χ1n) is 8.01. The van der Waals surface area contributed by atoms with Crippen LogP contribution in [0.5, 0.6) is 5.75 Å². The number of hydrogen-bond donors (Lipinski definition) is 2. The van der Waals surface area contributed by atoms with Gasteiger partial charge in [-0.3, -0.25) is 4.79 Å². The highest BCUT2D eigenvalue weighted by atomic mass is 16.5. The van der Waals surface area contributed by atoms with Gasteiger partial charge in [-0.15, -0.1) is 0 Å². The third-order valence-electron chi connectivity index (χ3n) is 3.80. The number of carbonyl (C=O) groups excluding carboxylic acids is 1. The monoisotopic (exact) mass is 343 g/mol. The number of rotatable bonds is 5. The molecule has 3 aromatic carbocycles. The molecule has 0 unspecified atom stereocenters. The molecule has 2 N–H and O–H groups in total. The topological polar surface area (TPSA) is 74.2 Å². The minimum atomic E-state index is -0.209. The lowest BCUT2D eigenvalue weighted by molar-refractivity contribution is 0.102. The van der Waals surface area contributed by atoms with Crippen molar-refractivity contribution in [3.8, 4) is 11.8 Å². The van der Waals surface area contributed by atoms with Gasteiger partial charge in [-0.1, -0.05) is 18.2 Å². The van der Waals surface area contributed by atoms with E-state index < -0.39 is 0 Å². The Hall–Kier alpha value is -3.78. The van der Waals surface area contributed by atoms with E-state index in [-0.39, 0.29) is 5.91 Å². The first kappa shape index (κ1) is 17.1. The zero-order valence-corrected chi connectivity index (χ0v) is 14.2. The second-order valence-electron chi connectivity index (χ2n) is 5.55. The number of nitrogens with zero attached hydrogens (tertiary/aromatic N) is 1. The van der Waals surface area contributed by atoms with Gasteiger partial charge in [0, 0.05) is 16.9 Å². The molecule has 3 rings (SSSR count). The number of anilines is 3. The van der Waals surface area contributed by atoms with Gasteiger partial charge in [-0.2, -0.15) is 5.26 Å². The van der Waals surface area contributed by atoms with E-state index in [1.54, 1.807) is 49.6 Å². The summed E-state index contributed by atoms with van der Waals surface area (Å²) in [7, 11) is 1.56. The molecular weight excluding hydrogens is 326 g/mol. The van der Waals surface area contributed by atoms with Crippen molar-refractivity contribution in [1.29, 1.82) is 5.26 Å². The Balaban J connectivity index is 1.69. The molecule has 0 aliphatic rings. The standard InChI is InChI=1S/C21H17N3O2/c1-26-19-7-4-6-15(13-19)21(25)24-18-11-9-17(10-12-18)23-20-8-3-2-5-16(20)14-22/h2-13,23H,1H3,(H,24,25). The lowest BCUT2D eigenvalue weighted by atomic mass is 10.1. The Labute approximate surface area is 151 Å². The molecular formula is C21H17N3O2. The predicted octanol–water partition coefficient (Wildman–Crippen LogP) is 4.56. The van der Waals surface area contributed by atoms with Gasteiger partial charge in [0.05, 0.1) is 18.4 Å². The Morgan fingerprint density at radius 2 is 1.69 bits per heavy atom. The molecule has 0 heterocycles. The molecule has 0 aliphatic heterocycles. The fraction of sp³-hybridized carbons (Fsp3) is 0.0476. The van der Waals surface area contributed by atoms with Crippen LogP contribution >= 0.6 is 0 Å². The largest absolute Gasteiger partial charge is 0.497 e. The van der Waals surface area contributed by atoms with Crippen molar-refractivity contribution < 1.29 is 9.53 Å². The van der Waals surface area contributed by atoms with Crippen molar-refractivity contribution in [2.24, 2.45) is 0 Å². The zero-order valence-electron chi connectivity index (χ0n) is 14.2. The summed E-state index contributed by atoms with van der Waals surface area (Å²) in [5.41, 5.74) is 3.34. The molecule has 0 aliphatic carbocycles. The fourth-order valence-corrected chi connectivity index (χ4v) is 2.45. The van der Waals surface area contributed by atoms with Crippen LogP contribution in [0.3, 0.4) is 0 Å². The van der Waals surface area contributed by atoms with Crippen LogP contribution in [0.2, 0.25) is 0 Å². The average molecular weight is 343 g/mol. The van der Waals surface area contributed by atoms with Crippen molar-refractivity contribution in [2.45, 2.75) is 0 Å². The second-order valence-corrected chi connectivity index (χ2v) is 5.55. The fourth-order valence-electron chi connectivity index (χ4n) is 2.45. The van der Waals surface area contributed by atoms with Crippen molar-refractivity contribution >= 4 is 23.0 Å². The molecule has 0 bridgehead atoms. The SMILES string of the molecule is COc1cccc(C(=O)Nc2ccc(Nc3ccccc3C#N)cc2)c1. The molecule has 128 valence electrons. The van der Waals surface area contributed by atoms with Crippen LogP contribution < -0.4 is 15.4 Å². The number of benzene rings is 3. The minimum absolute atomic E-state index is 0.209. The number of nitrogens with one attached hydrogen (secondary N) is 2. The van der Waals surface area contributed by atoms with E-state index in [1.807, 2.05) is 30.3 Å². The van der Waals surface area contributed by atoms with Gasteiger partial charge in [-0.25, -0.2) is 0 Å². The van der Waals surface area contributed by atoms with Gasteiger partial charge in [0.2, 0.25) is 0 Å². The highest BCUT2D eigenvalue weighted by Crippen LogP contribution is 2.22. The molecule has 5 heteroatoms. The maximum Gasteiger partial charge on any atom is 0.255 e. The molecule has 0 atom stereocenters. The number of ether oxygens (including phenoxy) is 1. The quantitative estimate of drug-likeness (QED) is 0.712. The van der Waals surface area contributed by atoms with E-state index in [0.717, 1.165) is 11.4 Å². The third-order valence-corrected chi connectivity index (χ3v) is 3.80. The summed E-state index contributed by atoms with van der Waals surface area (Å²) < 4.78 is 5.14. The smallest absolute Gasteiger partial charge is 0.255 e. The van der Waals surface area contributed by atoms with E-state index in [1.165, 1.54) is 0 Å². The summed E-state index contributed by atoms with van der Waals surface area (Å²) in [5.74, 6) is 0.424. The second kappa shape index (κ2) is 7.86. The molecule has 5 nitrogen and oxygen atoms in total. The highest BCUT2D eigenvalue weighted by Gasteiger charge is 2.07. The van der Waals surface area contributed by atoms with E-state index in [0.29, 0.717) is 22.6 Å². The molecule has 3 aromatic rings. The Kier molecular flexibility index (Phi) is 5.16.